The Labute approximate surface area is 141 Å². The smallest absolute Gasteiger partial charge is 0.227 e. The number of hydrogen-bond acceptors (Lipinski definition) is 3. The van der Waals surface area contributed by atoms with Crippen LogP contribution in [-0.4, -0.2) is 60.4 Å². The lowest BCUT2D eigenvalue weighted by Gasteiger charge is -2.35. The molecule has 0 spiro atoms. The summed E-state index contributed by atoms with van der Waals surface area (Å²) in [6.07, 6.45) is 2.82. The number of carbonyl (C=O) groups is 2. The summed E-state index contributed by atoms with van der Waals surface area (Å²) in [5.74, 6) is -0.260. The normalized spacial score (nSPS) is 21.1. The van der Waals surface area contributed by atoms with E-state index in [9.17, 15) is 14.0 Å². The van der Waals surface area contributed by atoms with Gasteiger partial charge in [0.15, 0.2) is 0 Å². The van der Waals surface area contributed by atoms with Crippen molar-refractivity contribution in [3.8, 4) is 0 Å². The number of piperazine rings is 1. The highest BCUT2D eigenvalue weighted by Gasteiger charge is 2.26. The second-order valence-corrected chi connectivity index (χ2v) is 6.53. The maximum Gasteiger partial charge on any atom is 0.227 e. The van der Waals surface area contributed by atoms with Crippen LogP contribution in [-0.2, 0) is 16.0 Å². The van der Waals surface area contributed by atoms with Crippen LogP contribution >= 0.6 is 0 Å². The molecule has 0 aromatic heterocycles. The Balaban J connectivity index is 1.46. The topological polar surface area (TPSA) is 52.7 Å². The van der Waals surface area contributed by atoms with Crippen molar-refractivity contribution in [2.24, 2.45) is 0 Å². The molecule has 2 aliphatic heterocycles. The molecule has 2 saturated heterocycles. The molecule has 0 radical (unpaired) electrons. The number of halogens is 1. The molecule has 1 aromatic rings. The van der Waals surface area contributed by atoms with Gasteiger partial charge in [0.05, 0.1) is 6.42 Å². The fraction of sp³-hybridized carbons (Fsp3) is 0.556. The van der Waals surface area contributed by atoms with E-state index in [1.165, 1.54) is 6.07 Å². The van der Waals surface area contributed by atoms with Crippen molar-refractivity contribution < 1.29 is 14.0 Å². The molecule has 1 atom stereocenters. The number of nitrogens with zero attached hydrogens (tertiary/aromatic N) is 2. The Hall–Kier alpha value is -1.95. The Kier molecular flexibility index (Phi) is 5.45. The first-order valence-electron chi connectivity index (χ1n) is 8.66. The summed E-state index contributed by atoms with van der Waals surface area (Å²) < 4.78 is 13.6. The van der Waals surface area contributed by atoms with Gasteiger partial charge in [0.2, 0.25) is 11.8 Å². The lowest BCUT2D eigenvalue weighted by Crippen LogP contribution is -2.51. The number of amides is 2. The molecule has 2 heterocycles. The van der Waals surface area contributed by atoms with E-state index >= 15 is 0 Å². The molecule has 1 N–H and O–H groups in total. The van der Waals surface area contributed by atoms with Gasteiger partial charge in [-0.25, -0.2) is 4.39 Å². The minimum Gasteiger partial charge on any atom is -0.339 e. The van der Waals surface area contributed by atoms with Gasteiger partial charge >= 0.3 is 0 Å². The van der Waals surface area contributed by atoms with E-state index in [0.717, 1.165) is 19.4 Å². The van der Waals surface area contributed by atoms with Gasteiger partial charge in [-0.05, 0) is 31.0 Å². The molecule has 6 heteroatoms. The van der Waals surface area contributed by atoms with Crippen molar-refractivity contribution in [3.05, 3.63) is 35.6 Å². The number of nitrogens with one attached hydrogen (secondary N) is 1. The van der Waals surface area contributed by atoms with Crippen LogP contribution in [0, 0.1) is 5.82 Å². The summed E-state index contributed by atoms with van der Waals surface area (Å²) in [6.45, 7) is 3.17. The summed E-state index contributed by atoms with van der Waals surface area (Å²) >= 11 is 0. The molecular formula is C18H24FN3O2. The molecule has 5 nitrogen and oxygen atoms in total. The van der Waals surface area contributed by atoms with E-state index in [1.54, 1.807) is 23.1 Å². The molecule has 130 valence electrons. The first-order chi connectivity index (χ1) is 11.6. The van der Waals surface area contributed by atoms with Crippen molar-refractivity contribution in [1.82, 2.24) is 15.1 Å². The first kappa shape index (κ1) is 16.9. The van der Waals surface area contributed by atoms with Crippen molar-refractivity contribution in [2.75, 3.05) is 32.7 Å². The average Bonchev–Trinajstić information content (AvgIpc) is 3.10. The molecule has 1 aromatic carbocycles. The highest BCUT2D eigenvalue weighted by atomic mass is 19.1. The molecule has 2 amide bonds. The number of rotatable bonds is 4. The molecule has 0 aliphatic carbocycles. The highest BCUT2D eigenvalue weighted by molar-refractivity contribution is 5.80. The van der Waals surface area contributed by atoms with Gasteiger partial charge in [0, 0.05) is 38.6 Å². The maximum absolute atomic E-state index is 13.6. The second kappa shape index (κ2) is 7.75. The third kappa shape index (κ3) is 4.12. The molecular weight excluding hydrogens is 309 g/mol. The van der Waals surface area contributed by atoms with Crippen LogP contribution < -0.4 is 5.32 Å². The van der Waals surface area contributed by atoms with Gasteiger partial charge in [0.25, 0.3) is 0 Å². The zero-order valence-corrected chi connectivity index (χ0v) is 13.8. The Morgan fingerprint density at radius 2 is 1.75 bits per heavy atom. The largest absolute Gasteiger partial charge is 0.339 e. The van der Waals surface area contributed by atoms with Gasteiger partial charge in [-0.15, -0.1) is 0 Å². The molecule has 0 saturated carbocycles. The van der Waals surface area contributed by atoms with Crippen molar-refractivity contribution in [1.29, 1.82) is 0 Å². The van der Waals surface area contributed by atoms with Crippen molar-refractivity contribution in [2.45, 2.75) is 31.7 Å². The average molecular weight is 333 g/mol. The minimum atomic E-state index is -0.344. The molecule has 0 bridgehead atoms. The summed E-state index contributed by atoms with van der Waals surface area (Å²) in [5.41, 5.74) is 0.424. The van der Waals surface area contributed by atoms with Crippen LogP contribution in [0.3, 0.4) is 0 Å². The van der Waals surface area contributed by atoms with Crippen LogP contribution in [0.15, 0.2) is 24.3 Å². The Morgan fingerprint density at radius 1 is 1.08 bits per heavy atom. The third-order valence-corrected chi connectivity index (χ3v) is 4.87. The standard InChI is InChI=1S/C18H24FN3O2/c19-16-6-2-1-4-14(16)12-17(23)21-8-10-22(11-9-21)18(24)13-15-5-3-7-20-15/h1-2,4,6,15,20H,3,5,7-13H2. The van der Waals surface area contributed by atoms with Crippen molar-refractivity contribution in [3.63, 3.8) is 0 Å². The van der Waals surface area contributed by atoms with Gasteiger partial charge < -0.3 is 15.1 Å². The van der Waals surface area contributed by atoms with Crippen LogP contribution in [0.2, 0.25) is 0 Å². The monoisotopic (exact) mass is 333 g/mol. The van der Waals surface area contributed by atoms with Crippen LogP contribution in [0.25, 0.3) is 0 Å². The summed E-state index contributed by atoms with van der Waals surface area (Å²) in [6, 6.07) is 6.67. The van der Waals surface area contributed by atoms with Gasteiger partial charge in [0.1, 0.15) is 5.82 Å². The molecule has 2 fully saturated rings. The fourth-order valence-corrected chi connectivity index (χ4v) is 3.39. The van der Waals surface area contributed by atoms with Crippen LogP contribution in [0.1, 0.15) is 24.8 Å². The molecule has 24 heavy (non-hydrogen) atoms. The van der Waals surface area contributed by atoms with E-state index in [1.807, 2.05) is 4.90 Å². The van der Waals surface area contributed by atoms with Gasteiger partial charge in [-0.3, -0.25) is 9.59 Å². The number of hydrogen-bond donors (Lipinski definition) is 1. The highest BCUT2D eigenvalue weighted by Crippen LogP contribution is 2.13. The van der Waals surface area contributed by atoms with Gasteiger partial charge in [-0.1, -0.05) is 18.2 Å². The predicted molar refractivity (Wildman–Crippen MR) is 88.9 cm³/mol. The van der Waals surface area contributed by atoms with Crippen LogP contribution in [0.5, 0.6) is 0 Å². The maximum atomic E-state index is 13.6. The Morgan fingerprint density at radius 3 is 2.38 bits per heavy atom. The molecule has 1 unspecified atom stereocenters. The molecule has 2 aliphatic rings. The van der Waals surface area contributed by atoms with Crippen LogP contribution in [0.4, 0.5) is 4.39 Å². The SMILES string of the molecule is O=C(Cc1ccccc1F)N1CCN(C(=O)CC2CCCN2)CC1. The summed E-state index contributed by atoms with van der Waals surface area (Å²) in [5, 5.41) is 3.34. The zero-order valence-electron chi connectivity index (χ0n) is 13.8. The van der Waals surface area contributed by atoms with E-state index < -0.39 is 0 Å². The quantitative estimate of drug-likeness (QED) is 0.900. The molecule has 3 rings (SSSR count). The lowest BCUT2D eigenvalue weighted by atomic mass is 10.1. The number of carbonyl (C=O) groups excluding carboxylic acids is 2. The van der Waals surface area contributed by atoms with Gasteiger partial charge in [-0.2, -0.15) is 0 Å². The Bertz CT molecular complexity index is 594. The fourth-order valence-electron chi connectivity index (χ4n) is 3.39. The summed E-state index contributed by atoms with van der Waals surface area (Å²) in [7, 11) is 0. The third-order valence-electron chi connectivity index (χ3n) is 4.87. The lowest BCUT2D eigenvalue weighted by molar-refractivity contribution is -0.139. The minimum absolute atomic E-state index is 0.0760. The predicted octanol–water partition coefficient (Wildman–Crippen LogP) is 1.18. The zero-order chi connectivity index (χ0) is 16.9. The van der Waals surface area contributed by atoms with E-state index in [2.05, 4.69) is 5.32 Å². The van der Waals surface area contributed by atoms with E-state index in [0.29, 0.717) is 44.2 Å². The first-order valence-corrected chi connectivity index (χ1v) is 8.66. The summed E-state index contributed by atoms with van der Waals surface area (Å²) in [4.78, 5) is 28.2. The number of benzene rings is 1. The van der Waals surface area contributed by atoms with Crippen molar-refractivity contribution >= 4 is 11.8 Å². The van der Waals surface area contributed by atoms with E-state index in [4.69, 9.17) is 0 Å². The van der Waals surface area contributed by atoms with E-state index in [-0.39, 0.29) is 24.1 Å². The second-order valence-electron chi connectivity index (χ2n) is 6.53.